The maximum atomic E-state index is 12.9. The molecule has 3 rings (SSSR count). The molecule has 0 unspecified atom stereocenters. The van der Waals surface area contributed by atoms with Gasteiger partial charge in [-0.25, -0.2) is 9.78 Å². The van der Waals surface area contributed by atoms with Crippen molar-refractivity contribution in [3.63, 3.8) is 0 Å². The van der Waals surface area contributed by atoms with E-state index in [0.29, 0.717) is 11.0 Å². The van der Waals surface area contributed by atoms with Gasteiger partial charge in [0.15, 0.2) is 0 Å². The monoisotopic (exact) mass is 342 g/mol. The van der Waals surface area contributed by atoms with Crippen LogP contribution in [-0.4, -0.2) is 22.1 Å². The van der Waals surface area contributed by atoms with Gasteiger partial charge in [0.1, 0.15) is 11.2 Å². The fraction of sp³-hybridized carbons (Fsp3) is 0.167. The molecule has 0 aliphatic rings. The quantitative estimate of drug-likeness (QED) is 0.683. The predicted octanol–water partition coefficient (Wildman–Crippen LogP) is 3.27. The Labute approximate surface area is 143 Å². The summed E-state index contributed by atoms with van der Waals surface area (Å²) in [7, 11) is 0. The zero-order valence-electron chi connectivity index (χ0n) is 13.0. The van der Waals surface area contributed by atoms with E-state index >= 15 is 0 Å². The van der Waals surface area contributed by atoms with Gasteiger partial charge in [0, 0.05) is 11.6 Å². The van der Waals surface area contributed by atoms with E-state index in [1.165, 1.54) is 4.57 Å². The van der Waals surface area contributed by atoms with Crippen LogP contribution in [0.5, 0.6) is 0 Å². The molecule has 0 atom stereocenters. The van der Waals surface area contributed by atoms with E-state index in [9.17, 15) is 9.59 Å². The number of nitrogens with zero attached hydrogens (tertiary/aromatic N) is 2. The Morgan fingerprint density at radius 1 is 1.21 bits per heavy atom. The number of ether oxygens (including phenoxy) is 1. The summed E-state index contributed by atoms with van der Waals surface area (Å²) in [5, 5.41) is 0.614. The van der Waals surface area contributed by atoms with Crippen molar-refractivity contribution in [2.24, 2.45) is 0 Å². The van der Waals surface area contributed by atoms with Crippen LogP contribution < -0.4 is 5.56 Å². The lowest BCUT2D eigenvalue weighted by Crippen LogP contribution is -2.29. The molecule has 0 aliphatic carbocycles. The van der Waals surface area contributed by atoms with Crippen molar-refractivity contribution in [1.29, 1.82) is 0 Å². The summed E-state index contributed by atoms with van der Waals surface area (Å²) in [5.74, 6) is -0.722. The molecule has 0 bridgehead atoms. The lowest BCUT2D eigenvalue weighted by Gasteiger charge is -2.13. The van der Waals surface area contributed by atoms with Crippen molar-refractivity contribution < 1.29 is 9.53 Å². The SMILES string of the molecule is CCOC(=O)c1c(Cl)c2cccnc2n(Cc2ccccc2)c1=O. The normalized spacial score (nSPS) is 10.8. The standard InChI is InChI=1S/C18H15ClN2O3/c1-2-24-18(23)14-15(19)13-9-6-10-20-16(13)21(17(14)22)11-12-7-4-3-5-8-12/h3-10H,2,11H2,1H3. The Bertz CT molecular complexity index is 952. The summed E-state index contributed by atoms with van der Waals surface area (Å²) in [5.41, 5.74) is 0.691. The number of benzene rings is 1. The zero-order valence-corrected chi connectivity index (χ0v) is 13.8. The first kappa shape index (κ1) is 16.2. The van der Waals surface area contributed by atoms with E-state index in [-0.39, 0.29) is 23.7 Å². The van der Waals surface area contributed by atoms with Gasteiger partial charge in [0.2, 0.25) is 0 Å². The number of pyridine rings is 2. The number of carbonyl (C=O) groups excluding carboxylic acids is 1. The fourth-order valence-electron chi connectivity index (χ4n) is 2.54. The van der Waals surface area contributed by atoms with Crippen LogP contribution in [0, 0.1) is 0 Å². The van der Waals surface area contributed by atoms with Gasteiger partial charge in [-0.3, -0.25) is 9.36 Å². The highest BCUT2D eigenvalue weighted by Gasteiger charge is 2.22. The van der Waals surface area contributed by atoms with Crippen molar-refractivity contribution in [2.75, 3.05) is 6.61 Å². The highest BCUT2D eigenvalue weighted by molar-refractivity contribution is 6.38. The summed E-state index contributed by atoms with van der Waals surface area (Å²) >= 11 is 6.30. The van der Waals surface area contributed by atoms with Crippen LogP contribution >= 0.6 is 11.6 Å². The van der Waals surface area contributed by atoms with Gasteiger partial charge < -0.3 is 4.74 Å². The lowest BCUT2D eigenvalue weighted by atomic mass is 10.1. The van der Waals surface area contributed by atoms with Gasteiger partial charge in [0.05, 0.1) is 18.2 Å². The largest absolute Gasteiger partial charge is 0.462 e. The summed E-state index contributed by atoms with van der Waals surface area (Å²) in [4.78, 5) is 29.3. The Hall–Kier alpha value is -2.66. The highest BCUT2D eigenvalue weighted by Crippen LogP contribution is 2.24. The summed E-state index contributed by atoms with van der Waals surface area (Å²) in [6.07, 6.45) is 1.59. The molecule has 122 valence electrons. The number of halogens is 1. The van der Waals surface area contributed by atoms with E-state index in [4.69, 9.17) is 16.3 Å². The molecule has 0 N–H and O–H groups in total. The first-order chi connectivity index (χ1) is 11.6. The molecule has 2 aromatic heterocycles. The number of esters is 1. The van der Waals surface area contributed by atoms with Crippen LogP contribution in [0.3, 0.4) is 0 Å². The van der Waals surface area contributed by atoms with Crippen LogP contribution in [0.25, 0.3) is 11.0 Å². The Morgan fingerprint density at radius 3 is 2.67 bits per heavy atom. The van der Waals surface area contributed by atoms with Gasteiger partial charge in [-0.05, 0) is 24.6 Å². The maximum Gasteiger partial charge on any atom is 0.345 e. The molecule has 2 heterocycles. The Balaban J connectivity index is 2.27. The molecule has 0 spiro atoms. The number of hydrogen-bond acceptors (Lipinski definition) is 4. The van der Waals surface area contributed by atoms with E-state index in [0.717, 1.165) is 5.56 Å². The minimum Gasteiger partial charge on any atom is -0.462 e. The average molecular weight is 343 g/mol. The number of fused-ring (bicyclic) bond motifs is 1. The second-order valence-electron chi connectivity index (χ2n) is 5.16. The molecule has 0 saturated heterocycles. The second-order valence-corrected chi connectivity index (χ2v) is 5.54. The molecule has 5 nitrogen and oxygen atoms in total. The summed E-state index contributed by atoms with van der Waals surface area (Å²) in [6, 6.07) is 12.9. The van der Waals surface area contributed by atoms with E-state index in [2.05, 4.69) is 4.98 Å². The fourth-order valence-corrected chi connectivity index (χ4v) is 2.84. The molecule has 0 aliphatic heterocycles. The minimum atomic E-state index is -0.722. The maximum absolute atomic E-state index is 12.9. The molecule has 0 saturated carbocycles. The van der Waals surface area contributed by atoms with Gasteiger partial charge in [0.25, 0.3) is 5.56 Å². The van der Waals surface area contributed by atoms with Crippen LogP contribution in [0.4, 0.5) is 0 Å². The van der Waals surface area contributed by atoms with Crippen molar-refractivity contribution >= 4 is 28.6 Å². The third kappa shape index (κ3) is 2.90. The first-order valence-electron chi connectivity index (χ1n) is 7.51. The van der Waals surface area contributed by atoms with Crippen LogP contribution in [0.1, 0.15) is 22.8 Å². The van der Waals surface area contributed by atoms with E-state index < -0.39 is 11.5 Å². The number of carbonyl (C=O) groups is 1. The van der Waals surface area contributed by atoms with Crippen molar-refractivity contribution in [3.05, 3.63) is 75.2 Å². The van der Waals surface area contributed by atoms with Crippen LogP contribution in [0.15, 0.2) is 53.5 Å². The topological polar surface area (TPSA) is 61.2 Å². The molecule has 1 aromatic carbocycles. The van der Waals surface area contributed by atoms with Crippen LogP contribution in [-0.2, 0) is 11.3 Å². The first-order valence-corrected chi connectivity index (χ1v) is 7.89. The van der Waals surface area contributed by atoms with E-state index in [1.54, 1.807) is 25.3 Å². The van der Waals surface area contributed by atoms with Gasteiger partial charge in [-0.1, -0.05) is 41.9 Å². The Kier molecular flexibility index (Phi) is 4.62. The smallest absolute Gasteiger partial charge is 0.345 e. The Morgan fingerprint density at radius 2 is 1.96 bits per heavy atom. The number of aromatic nitrogens is 2. The van der Waals surface area contributed by atoms with Gasteiger partial charge in [-0.2, -0.15) is 0 Å². The van der Waals surface area contributed by atoms with Crippen molar-refractivity contribution in [2.45, 2.75) is 13.5 Å². The van der Waals surface area contributed by atoms with Gasteiger partial charge >= 0.3 is 5.97 Å². The minimum absolute atomic E-state index is 0.0749. The average Bonchev–Trinajstić information content (AvgIpc) is 2.60. The summed E-state index contributed by atoms with van der Waals surface area (Å²) in [6.45, 7) is 2.13. The molecule has 24 heavy (non-hydrogen) atoms. The molecule has 0 fully saturated rings. The molecule has 3 aromatic rings. The third-order valence-corrected chi connectivity index (χ3v) is 4.01. The molecular formula is C18H15ClN2O3. The van der Waals surface area contributed by atoms with Crippen molar-refractivity contribution in [1.82, 2.24) is 9.55 Å². The zero-order chi connectivity index (χ0) is 17.1. The van der Waals surface area contributed by atoms with Crippen LogP contribution in [0.2, 0.25) is 5.02 Å². The number of rotatable bonds is 4. The highest BCUT2D eigenvalue weighted by atomic mass is 35.5. The molecule has 0 amide bonds. The molecular weight excluding hydrogens is 328 g/mol. The lowest BCUT2D eigenvalue weighted by molar-refractivity contribution is 0.0524. The molecule has 0 radical (unpaired) electrons. The third-order valence-electron chi connectivity index (χ3n) is 3.62. The number of hydrogen-bond donors (Lipinski definition) is 0. The van der Waals surface area contributed by atoms with Crippen molar-refractivity contribution in [3.8, 4) is 0 Å². The molecule has 6 heteroatoms. The predicted molar refractivity (Wildman–Crippen MR) is 92.5 cm³/mol. The van der Waals surface area contributed by atoms with Gasteiger partial charge in [-0.15, -0.1) is 0 Å². The summed E-state index contributed by atoms with van der Waals surface area (Å²) < 4.78 is 6.43. The second kappa shape index (κ2) is 6.84. The van der Waals surface area contributed by atoms with E-state index in [1.807, 2.05) is 30.3 Å².